The van der Waals surface area contributed by atoms with E-state index in [0.717, 1.165) is 77.8 Å². The molecule has 216 valence electrons. The number of carbonyl (C=O) groups is 2. The summed E-state index contributed by atoms with van der Waals surface area (Å²) < 4.78 is 0. The second kappa shape index (κ2) is 12.8. The number of thioether (sulfide) groups is 1. The van der Waals surface area contributed by atoms with Gasteiger partial charge >= 0.3 is 6.03 Å². The fourth-order valence-corrected chi connectivity index (χ4v) is 6.61. The maximum Gasteiger partial charge on any atom is 0.326 e. The van der Waals surface area contributed by atoms with Crippen LogP contribution in [-0.4, -0.2) is 72.2 Å². The van der Waals surface area contributed by atoms with Crippen LogP contribution in [0.15, 0.2) is 59.6 Å². The first kappa shape index (κ1) is 29.4. The molecule has 3 aromatic rings. The molecule has 2 aromatic carbocycles. The highest BCUT2D eigenvalue weighted by atomic mass is 35.5. The standard InChI is InChI=1S/C32H38ClN5O2S/c1-21-6-9-27(16-29(21)33)38(32(40)35-26-7-10-28(41-4)11-8-26)15-5-14-36-17-24-19-37(20-25(24)18-36)31(39)30-22(2)12-13-34-23(30)3/h6-13,16,24-25H,5,14-15,17-20H2,1-4H3,(H,35,40). The second-order valence-corrected chi connectivity index (χ2v) is 12.5. The van der Waals surface area contributed by atoms with Crippen molar-refractivity contribution in [2.75, 3.05) is 55.7 Å². The fraction of sp³-hybridized carbons (Fsp3) is 0.406. The minimum Gasteiger partial charge on any atom is -0.338 e. The highest BCUT2D eigenvalue weighted by Crippen LogP contribution is 2.33. The fourth-order valence-electron chi connectivity index (χ4n) is 6.03. The molecule has 3 heterocycles. The lowest BCUT2D eigenvalue weighted by molar-refractivity contribution is 0.0772. The van der Waals surface area contributed by atoms with Crippen molar-refractivity contribution in [1.82, 2.24) is 14.8 Å². The van der Waals surface area contributed by atoms with Gasteiger partial charge in [0.2, 0.25) is 0 Å². The summed E-state index contributed by atoms with van der Waals surface area (Å²) in [6.07, 6.45) is 4.63. The number of carbonyl (C=O) groups excluding carboxylic acids is 2. The van der Waals surface area contributed by atoms with E-state index in [1.807, 2.05) is 80.5 Å². The first-order valence-electron chi connectivity index (χ1n) is 14.2. The Hall–Kier alpha value is -3.07. The summed E-state index contributed by atoms with van der Waals surface area (Å²) in [5, 5.41) is 3.70. The van der Waals surface area contributed by atoms with Crippen LogP contribution >= 0.6 is 23.4 Å². The van der Waals surface area contributed by atoms with Gasteiger partial charge in [0.15, 0.2) is 0 Å². The monoisotopic (exact) mass is 591 g/mol. The first-order chi connectivity index (χ1) is 19.7. The number of rotatable bonds is 8. The number of urea groups is 1. The largest absolute Gasteiger partial charge is 0.338 e. The van der Waals surface area contributed by atoms with Crippen LogP contribution in [0, 0.1) is 32.6 Å². The number of hydrogen-bond donors (Lipinski definition) is 1. The van der Waals surface area contributed by atoms with Gasteiger partial charge in [-0.1, -0.05) is 17.7 Å². The lowest BCUT2D eigenvalue weighted by Crippen LogP contribution is -2.38. The smallest absolute Gasteiger partial charge is 0.326 e. The molecule has 7 nitrogen and oxygen atoms in total. The van der Waals surface area contributed by atoms with Gasteiger partial charge in [-0.3, -0.25) is 14.7 Å². The van der Waals surface area contributed by atoms with Gasteiger partial charge in [-0.15, -0.1) is 11.8 Å². The summed E-state index contributed by atoms with van der Waals surface area (Å²) in [4.78, 5) is 38.5. The number of fused-ring (bicyclic) bond motifs is 1. The van der Waals surface area contributed by atoms with Gasteiger partial charge in [0, 0.05) is 60.2 Å². The Balaban J connectivity index is 1.18. The molecule has 2 unspecified atom stereocenters. The van der Waals surface area contributed by atoms with E-state index in [-0.39, 0.29) is 11.9 Å². The number of halogens is 1. The molecule has 1 aromatic heterocycles. The molecule has 0 spiro atoms. The zero-order valence-corrected chi connectivity index (χ0v) is 25.8. The van der Waals surface area contributed by atoms with Gasteiger partial charge < -0.3 is 15.1 Å². The molecule has 41 heavy (non-hydrogen) atoms. The van der Waals surface area contributed by atoms with Crippen LogP contribution in [-0.2, 0) is 0 Å². The van der Waals surface area contributed by atoms with Crippen molar-refractivity contribution in [3.8, 4) is 0 Å². The number of hydrogen-bond acceptors (Lipinski definition) is 5. The number of benzene rings is 2. The van der Waals surface area contributed by atoms with E-state index in [9.17, 15) is 9.59 Å². The van der Waals surface area contributed by atoms with Crippen LogP contribution in [0.4, 0.5) is 16.2 Å². The number of aromatic nitrogens is 1. The SMILES string of the molecule is CSc1ccc(NC(=O)N(CCCN2CC3CN(C(=O)c4c(C)ccnc4C)CC3C2)c2ccc(C)c(Cl)c2)cc1. The van der Waals surface area contributed by atoms with Gasteiger partial charge in [-0.25, -0.2) is 4.79 Å². The normalized spacial score (nSPS) is 18.4. The Kier molecular flexibility index (Phi) is 9.22. The number of likely N-dealkylation sites (tertiary alicyclic amines) is 2. The van der Waals surface area contributed by atoms with Crippen molar-refractivity contribution in [2.45, 2.75) is 32.1 Å². The molecular formula is C32H38ClN5O2S. The molecule has 0 radical (unpaired) electrons. The van der Waals surface area contributed by atoms with Crippen molar-refractivity contribution in [3.05, 3.63) is 82.1 Å². The lowest BCUT2D eigenvalue weighted by Gasteiger charge is -2.26. The predicted molar refractivity (Wildman–Crippen MR) is 168 cm³/mol. The molecule has 2 atom stereocenters. The number of anilines is 2. The topological polar surface area (TPSA) is 68.8 Å². The van der Waals surface area contributed by atoms with Crippen LogP contribution in [0.5, 0.6) is 0 Å². The Morgan fingerprint density at radius 2 is 1.71 bits per heavy atom. The third-order valence-electron chi connectivity index (χ3n) is 8.32. The number of nitrogens with one attached hydrogen (secondary N) is 1. The van der Waals surface area contributed by atoms with Crippen molar-refractivity contribution < 1.29 is 9.59 Å². The van der Waals surface area contributed by atoms with Crippen LogP contribution in [0.25, 0.3) is 0 Å². The van der Waals surface area contributed by atoms with Crippen molar-refractivity contribution >= 4 is 46.7 Å². The lowest BCUT2D eigenvalue weighted by atomic mass is 10.0. The summed E-state index contributed by atoms with van der Waals surface area (Å²) in [7, 11) is 0. The van der Waals surface area contributed by atoms with E-state index in [2.05, 4.69) is 15.2 Å². The average Bonchev–Trinajstić information content (AvgIpc) is 3.52. The summed E-state index contributed by atoms with van der Waals surface area (Å²) >= 11 is 8.11. The van der Waals surface area contributed by atoms with Crippen LogP contribution in [0.2, 0.25) is 5.02 Å². The Morgan fingerprint density at radius 3 is 2.34 bits per heavy atom. The molecule has 1 N–H and O–H groups in total. The minimum absolute atomic E-state index is 0.107. The molecule has 3 amide bonds. The first-order valence-corrected chi connectivity index (χ1v) is 15.8. The number of aryl methyl sites for hydroxylation is 3. The third kappa shape index (κ3) is 6.71. The molecule has 2 fully saturated rings. The second-order valence-electron chi connectivity index (χ2n) is 11.2. The predicted octanol–water partition coefficient (Wildman–Crippen LogP) is 6.51. The van der Waals surface area contributed by atoms with Gasteiger partial charge in [0.05, 0.1) is 11.3 Å². The highest BCUT2D eigenvalue weighted by molar-refractivity contribution is 7.98. The quantitative estimate of drug-likeness (QED) is 0.302. The van der Waals surface area contributed by atoms with Crippen molar-refractivity contribution in [2.24, 2.45) is 11.8 Å². The summed E-state index contributed by atoms with van der Waals surface area (Å²) in [6, 6.07) is 15.4. The molecular weight excluding hydrogens is 554 g/mol. The minimum atomic E-state index is -0.171. The maximum absolute atomic E-state index is 13.4. The molecule has 9 heteroatoms. The van der Waals surface area contributed by atoms with Gasteiger partial charge in [-0.05, 0) is 105 Å². The van der Waals surface area contributed by atoms with Crippen LogP contribution < -0.4 is 10.2 Å². The molecule has 2 saturated heterocycles. The molecule has 0 saturated carbocycles. The van der Waals surface area contributed by atoms with Crippen molar-refractivity contribution in [1.29, 1.82) is 0 Å². The zero-order valence-electron chi connectivity index (χ0n) is 24.2. The molecule has 0 aliphatic carbocycles. The Labute approximate surface area is 252 Å². The van der Waals surface area contributed by atoms with E-state index in [4.69, 9.17) is 11.6 Å². The summed E-state index contributed by atoms with van der Waals surface area (Å²) in [5.74, 6) is 1.07. The maximum atomic E-state index is 13.4. The number of pyridine rings is 1. The van der Waals surface area contributed by atoms with Gasteiger partial charge in [0.25, 0.3) is 5.91 Å². The van der Waals surface area contributed by atoms with Crippen LogP contribution in [0.1, 0.15) is 33.6 Å². The molecule has 5 rings (SSSR count). The van der Waals surface area contributed by atoms with E-state index >= 15 is 0 Å². The van der Waals surface area contributed by atoms with Crippen molar-refractivity contribution in [3.63, 3.8) is 0 Å². The van der Waals surface area contributed by atoms with E-state index in [1.54, 1.807) is 22.9 Å². The molecule has 0 bridgehead atoms. The highest BCUT2D eigenvalue weighted by Gasteiger charge is 2.42. The number of amides is 3. The van der Waals surface area contributed by atoms with Gasteiger partial charge in [0.1, 0.15) is 0 Å². The Morgan fingerprint density at radius 1 is 1.00 bits per heavy atom. The number of nitrogens with zero attached hydrogens (tertiary/aromatic N) is 4. The summed E-state index contributed by atoms with van der Waals surface area (Å²) in [5.41, 5.74) is 5.06. The summed E-state index contributed by atoms with van der Waals surface area (Å²) in [6.45, 7) is 10.9. The zero-order chi connectivity index (χ0) is 29.1. The molecule has 2 aliphatic heterocycles. The van der Waals surface area contributed by atoms with E-state index in [0.29, 0.717) is 23.4 Å². The Bertz CT molecular complexity index is 1380. The average molecular weight is 592 g/mol. The molecule has 2 aliphatic rings. The van der Waals surface area contributed by atoms with E-state index < -0.39 is 0 Å². The third-order valence-corrected chi connectivity index (χ3v) is 9.47. The van der Waals surface area contributed by atoms with E-state index in [1.165, 1.54) is 0 Å². The van der Waals surface area contributed by atoms with Gasteiger partial charge in [-0.2, -0.15) is 0 Å². The van der Waals surface area contributed by atoms with Crippen LogP contribution in [0.3, 0.4) is 0 Å².